The zero-order valence-corrected chi connectivity index (χ0v) is 9.87. The quantitative estimate of drug-likeness (QED) is 0.687. The fraction of sp³-hybridized carbons (Fsp3) is 0. The molecule has 0 aliphatic carbocycles. The second-order valence-corrected chi connectivity index (χ2v) is 4.12. The molecule has 0 aliphatic heterocycles. The van der Waals surface area contributed by atoms with Crippen molar-refractivity contribution in [2.45, 2.75) is 0 Å². The van der Waals surface area contributed by atoms with Gasteiger partial charge in [-0.25, -0.2) is 19.9 Å². The highest BCUT2D eigenvalue weighted by Crippen LogP contribution is 2.23. The molecule has 7 heteroatoms. The van der Waals surface area contributed by atoms with Gasteiger partial charge in [-0.1, -0.05) is 23.2 Å². The van der Waals surface area contributed by atoms with Crippen molar-refractivity contribution in [3.05, 3.63) is 35.0 Å². The minimum absolute atomic E-state index is 0.319. The first-order valence-electron chi connectivity index (χ1n) is 4.71. The first-order chi connectivity index (χ1) is 8.22. The Labute approximate surface area is 106 Å². The Morgan fingerprint density at radius 2 is 1.82 bits per heavy atom. The summed E-state index contributed by atoms with van der Waals surface area (Å²) in [6.45, 7) is 0. The maximum Gasteiger partial charge on any atom is 0.181 e. The maximum atomic E-state index is 5.83. The van der Waals surface area contributed by atoms with E-state index in [1.54, 1.807) is 18.3 Å². The molecule has 3 aromatic rings. The van der Waals surface area contributed by atoms with Gasteiger partial charge in [-0.05, 0) is 12.1 Å². The number of halogens is 2. The second kappa shape index (κ2) is 3.94. The third kappa shape index (κ3) is 1.94. The Kier molecular flexibility index (Phi) is 2.42. The molecule has 0 aromatic carbocycles. The smallest absolute Gasteiger partial charge is 0.181 e. The number of hydrogen-bond acceptors (Lipinski definition) is 4. The van der Waals surface area contributed by atoms with E-state index in [2.05, 4.69) is 24.9 Å². The topological polar surface area (TPSA) is 67.3 Å². The van der Waals surface area contributed by atoms with E-state index in [0.29, 0.717) is 21.8 Å². The highest BCUT2D eigenvalue weighted by atomic mass is 35.5. The fourth-order valence-electron chi connectivity index (χ4n) is 1.50. The van der Waals surface area contributed by atoms with E-state index in [1.807, 2.05) is 0 Å². The summed E-state index contributed by atoms with van der Waals surface area (Å²) in [4.78, 5) is 19.2. The summed E-state index contributed by atoms with van der Waals surface area (Å²) in [6.07, 6.45) is 3.10. The molecule has 0 bridgehead atoms. The Bertz CT molecular complexity index is 641. The number of H-pyrrole nitrogens is 1. The largest absolute Gasteiger partial charge is 0.335 e. The molecule has 3 rings (SSSR count). The summed E-state index contributed by atoms with van der Waals surface area (Å²) in [5.74, 6) is 0.631. The van der Waals surface area contributed by atoms with Gasteiger partial charge in [0, 0.05) is 5.56 Å². The Balaban J connectivity index is 2.20. The summed E-state index contributed by atoms with van der Waals surface area (Å²) < 4.78 is 0. The highest BCUT2D eigenvalue weighted by molar-refractivity contribution is 6.32. The third-order valence-corrected chi connectivity index (χ3v) is 2.59. The molecule has 0 saturated heterocycles. The van der Waals surface area contributed by atoms with Crippen molar-refractivity contribution >= 4 is 34.4 Å². The van der Waals surface area contributed by atoms with Gasteiger partial charge in [0.15, 0.2) is 5.65 Å². The summed E-state index contributed by atoms with van der Waals surface area (Å²) >= 11 is 11.7. The predicted octanol–water partition coefficient (Wildman–Crippen LogP) is 2.72. The number of rotatable bonds is 1. The van der Waals surface area contributed by atoms with Gasteiger partial charge in [-0.15, -0.1) is 0 Å². The molecular formula is C10H5Cl2N5. The first-order valence-corrected chi connectivity index (χ1v) is 5.47. The standard InChI is InChI=1S/C10H5Cl2N5/c11-7-1-5(2-8(12)16-7)9-15-6-3-13-4-14-10(6)17-9/h1-4H,(H,13,14,15,17). The van der Waals surface area contributed by atoms with Gasteiger partial charge in [-0.3, -0.25) is 0 Å². The molecule has 84 valence electrons. The molecular weight excluding hydrogens is 261 g/mol. The number of aromatic amines is 1. The van der Waals surface area contributed by atoms with E-state index in [4.69, 9.17) is 23.2 Å². The molecule has 5 nitrogen and oxygen atoms in total. The van der Waals surface area contributed by atoms with Crippen molar-refractivity contribution in [1.29, 1.82) is 0 Å². The van der Waals surface area contributed by atoms with Gasteiger partial charge < -0.3 is 4.98 Å². The van der Waals surface area contributed by atoms with E-state index >= 15 is 0 Å². The van der Waals surface area contributed by atoms with Crippen molar-refractivity contribution in [3.8, 4) is 11.4 Å². The average Bonchev–Trinajstić information content (AvgIpc) is 2.71. The molecule has 0 atom stereocenters. The molecule has 3 aromatic heterocycles. The monoisotopic (exact) mass is 265 g/mol. The average molecular weight is 266 g/mol. The first kappa shape index (κ1) is 10.4. The van der Waals surface area contributed by atoms with Crippen LogP contribution in [0.2, 0.25) is 10.3 Å². The van der Waals surface area contributed by atoms with E-state index in [1.165, 1.54) is 6.33 Å². The number of nitrogens with one attached hydrogen (secondary N) is 1. The lowest BCUT2D eigenvalue weighted by atomic mass is 10.2. The van der Waals surface area contributed by atoms with Crippen LogP contribution in [0, 0.1) is 0 Å². The summed E-state index contributed by atoms with van der Waals surface area (Å²) in [7, 11) is 0. The number of imidazole rings is 1. The molecule has 0 saturated carbocycles. The minimum atomic E-state index is 0.319. The van der Waals surface area contributed by atoms with Crippen LogP contribution < -0.4 is 0 Å². The van der Waals surface area contributed by atoms with Crippen LogP contribution in [-0.4, -0.2) is 24.9 Å². The number of pyridine rings is 1. The van der Waals surface area contributed by atoms with Gasteiger partial charge in [0.25, 0.3) is 0 Å². The zero-order chi connectivity index (χ0) is 11.8. The molecule has 0 radical (unpaired) electrons. The third-order valence-electron chi connectivity index (χ3n) is 2.20. The predicted molar refractivity (Wildman–Crippen MR) is 64.9 cm³/mol. The maximum absolute atomic E-state index is 5.83. The van der Waals surface area contributed by atoms with Crippen molar-refractivity contribution in [3.63, 3.8) is 0 Å². The number of fused-ring (bicyclic) bond motifs is 1. The van der Waals surface area contributed by atoms with Crippen LogP contribution in [-0.2, 0) is 0 Å². The minimum Gasteiger partial charge on any atom is -0.335 e. The van der Waals surface area contributed by atoms with Crippen LogP contribution >= 0.6 is 23.2 Å². The number of hydrogen-bond donors (Lipinski definition) is 1. The summed E-state index contributed by atoms with van der Waals surface area (Å²) in [5, 5.41) is 0.637. The number of nitrogens with zero attached hydrogens (tertiary/aromatic N) is 4. The van der Waals surface area contributed by atoms with Crippen LogP contribution in [0.3, 0.4) is 0 Å². The Morgan fingerprint density at radius 3 is 2.53 bits per heavy atom. The fourth-order valence-corrected chi connectivity index (χ4v) is 1.96. The van der Waals surface area contributed by atoms with Gasteiger partial charge >= 0.3 is 0 Å². The van der Waals surface area contributed by atoms with E-state index < -0.39 is 0 Å². The van der Waals surface area contributed by atoms with Gasteiger partial charge in [0.1, 0.15) is 28.0 Å². The lowest BCUT2D eigenvalue weighted by molar-refractivity contribution is 1.20. The molecule has 3 heterocycles. The molecule has 0 amide bonds. The summed E-state index contributed by atoms with van der Waals surface area (Å²) in [6, 6.07) is 3.36. The van der Waals surface area contributed by atoms with Crippen molar-refractivity contribution in [2.75, 3.05) is 0 Å². The molecule has 17 heavy (non-hydrogen) atoms. The Hall–Kier alpha value is -1.72. The highest BCUT2D eigenvalue weighted by Gasteiger charge is 2.08. The molecule has 0 fully saturated rings. The molecule has 1 N–H and O–H groups in total. The van der Waals surface area contributed by atoms with Crippen molar-refractivity contribution in [2.24, 2.45) is 0 Å². The van der Waals surface area contributed by atoms with Gasteiger partial charge in [0.2, 0.25) is 0 Å². The van der Waals surface area contributed by atoms with Crippen molar-refractivity contribution in [1.82, 2.24) is 24.9 Å². The van der Waals surface area contributed by atoms with Crippen LogP contribution in [0.15, 0.2) is 24.7 Å². The Morgan fingerprint density at radius 1 is 1.06 bits per heavy atom. The molecule has 0 spiro atoms. The van der Waals surface area contributed by atoms with Crippen LogP contribution in [0.25, 0.3) is 22.6 Å². The molecule has 0 unspecified atom stereocenters. The second-order valence-electron chi connectivity index (χ2n) is 3.35. The van der Waals surface area contributed by atoms with Crippen LogP contribution in [0.4, 0.5) is 0 Å². The van der Waals surface area contributed by atoms with Crippen molar-refractivity contribution < 1.29 is 0 Å². The van der Waals surface area contributed by atoms with Crippen LogP contribution in [0.5, 0.6) is 0 Å². The zero-order valence-electron chi connectivity index (χ0n) is 8.35. The normalized spacial score (nSPS) is 10.9. The lowest BCUT2D eigenvalue weighted by Gasteiger charge is -1.97. The SMILES string of the molecule is Clc1cc(-c2nc3ncncc3[nH]2)cc(Cl)n1. The van der Waals surface area contributed by atoms with E-state index in [-0.39, 0.29) is 0 Å². The van der Waals surface area contributed by atoms with Crippen LogP contribution in [0.1, 0.15) is 0 Å². The van der Waals surface area contributed by atoms with E-state index in [9.17, 15) is 0 Å². The van der Waals surface area contributed by atoms with Gasteiger partial charge in [0.05, 0.1) is 6.20 Å². The number of aromatic nitrogens is 5. The summed E-state index contributed by atoms with van der Waals surface area (Å²) in [5.41, 5.74) is 2.11. The van der Waals surface area contributed by atoms with E-state index in [0.717, 1.165) is 11.1 Å². The van der Waals surface area contributed by atoms with Gasteiger partial charge in [-0.2, -0.15) is 0 Å². The lowest BCUT2D eigenvalue weighted by Crippen LogP contribution is -1.84. The molecule has 0 aliphatic rings.